The molecule has 2 fully saturated rings. The molecule has 1 aliphatic carbocycles. The third-order valence-corrected chi connectivity index (χ3v) is 11.7. The first-order chi connectivity index (χ1) is 15.8. The molecule has 6 heteroatoms. The lowest BCUT2D eigenvalue weighted by Gasteiger charge is -2.37. The van der Waals surface area contributed by atoms with Crippen LogP contribution in [0.1, 0.15) is 89.5 Å². The van der Waals surface area contributed by atoms with Gasteiger partial charge in [0.2, 0.25) is 0 Å². The lowest BCUT2D eigenvalue weighted by atomic mass is 9.73. The van der Waals surface area contributed by atoms with Crippen molar-refractivity contribution in [3.63, 3.8) is 0 Å². The predicted molar refractivity (Wildman–Crippen MR) is 130 cm³/mol. The number of aryl methyl sites for hydroxylation is 1. The van der Waals surface area contributed by atoms with E-state index in [1.807, 2.05) is 0 Å². The molecule has 0 radical (unpaired) electrons. The average Bonchev–Trinajstić information content (AvgIpc) is 2.79. The normalized spacial score (nSPS) is 26.3. The van der Waals surface area contributed by atoms with E-state index in [-0.39, 0.29) is 0 Å². The van der Waals surface area contributed by atoms with Crippen molar-refractivity contribution in [1.29, 1.82) is 0 Å². The summed E-state index contributed by atoms with van der Waals surface area (Å²) >= 11 is 0. The van der Waals surface area contributed by atoms with Gasteiger partial charge in [-0.3, -0.25) is 0 Å². The fraction of sp³-hybridized carbons (Fsp3) is 0.778. The summed E-state index contributed by atoms with van der Waals surface area (Å²) in [6.07, 6.45) is 11.9. The van der Waals surface area contributed by atoms with Crippen LogP contribution in [0.3, 0.4) is 0 Å². The Morgan fingerprint density at radius 1 is 0.909 bits per heavy atom. The van der Waals surface area contributed by atoms with Gasteiger partial charge in [0.05, 0.1) is 0 Å². The Balaban J connectivity index is 1.28. The van der Waals surface area contributed by atoms with Crippen LogP contribution in [0, 0.1) is 23.6 Å². The van der Waals surface area contributed by atoms with E-state index in [1.165, 1.54) is 76.3 Å². The molecule has 3 rings (SSSR count). The molecule has 0 spiro atoms. The molecule has 1 nitrogen and oxygen atoms in total. The minimum atomic E-state index is -4.86. The highest BCUT2D eigenvalue weighted by molar-refractivity contribution is 6.58. The zero-order chi connectivity index (χ0) is 23.7. The van der Waals surface area contributed by atoms with Crippen LogP contribution >= 0.6 is 0 Å². The van der Waals surface area contributed by atoms with Crippen molar-refractivity contribution in [2.24, 2.45) is 17.8 Å². The van der Waals surface area contributed by atoms with Crippen LogP contribution in [0.4, 0.5) is 17.6 Å². The van der Waals surface area contributed by atoms with E-state index in [0.717, 1.165) is 42.2 Å². The van der Waals surface area contributed by atoms with Gasteiger partial charge in [-0.05, 0) is 61.1 Å². The Labute approximate surface area is 199 Å². The summed E-state index contributed by atoms with van der Waals surface area (Å²) in [6.45, 7) is 2.30. The molecule has 1 aromatic rings. The number of hydrogen-bond acceptors (Lipinski definition) is 1. The molecule has 1 saturated heterocycles. The number of halogens is 4. The Kier molecular flexibility index (Phi) is 10.6. The Hall–Kier alpha value is -1.04. The van der Waals surface area contributed by atoms with E-state index in [0.29, 0.717) is 6.42 Å². The molecular weight excluding hydrogens is 444 g/mol. The number of unbranched alkanes of at least 4 members (excludes halogenated alkanes) is 3. The van der Waals surface area contributed by atoms with Gasteiger partial charge in [0.1, 0.15) is 0 Å². The van der Waals surface area contributed by atoms with Crippen molar-refractivity contribution >= 4 is 8.80 Å². The number of rotatable bonds is 11. The van der Waals surface area contributed by atoms with E-state index in [4.69, 9.17) is 0 Å². The molecule has 2 aliphatic rings. The highest BCUT2D eigenvalue weighted by Crippen LogP contribution is 2.42. The van der Waals surface area contributed by atoms with Crippen LogP contribution in [0.5, 0.6) is 5.75 Å². The maximum atomic E-state index is 13.8. The number of ether oxygens (including phenoxy) is 1. The van der Waals surface area contributed by atoms with Crippen molar-refractivity contribution in [1.82, 2.24) is 0 Å². The number of hydrogen-bond donors (Lipinski definition) is 0. The molecule has 1 heterocycles. The molecule has 0 atom stereocenters. The largest absolute Gasteiger partial charge is 0.573 e. The van der Waals surface area contributed by atoms with Gasteiger partial charge in [0.15, 0.2) is 11.6 Å². The lowest BCUT2D eigenvalue weighted by molar-refractivity contribution is -0.275. The smallest absolute Gasteiger partial charge is 0.403 e. The number of benzene rings is 1. The molecule has 0 N–H and O–H groups in total. The van der Waals surface area contributed by atoms with Gasteiger partial charge in [-0.15, -0.1) is 13.2 Å². The lowest BCUT2D eigenvalue weighted by Crippen LogP contribution is -2.28. The summed E-state index contributed by atoms with van der Waals surface area (Å²) in [4.78, 5) is 0. The van der Waals surface area contributed by atoms with Gasteiger partial charge < -0.3 is 4.74 Å². The van der Waals surface area contributed by atoms with Gasteiger partial charge >= 0.3 is 6.36 Å². The molecule has 1 saturated carbocycles. The van der Waals surface area contributed by atoms with Crippen LogP contribution < -0.4 is 4.74 Å². The standard InChI is InChI=1S/C27H42F4OSi/c1-2-3-6-17-33-18-15-24(16-19-33)23-12-9-21(10-13-23)7-4-5-8-22-11-14-26(25(28)20-22)32-27(29,30)31/h11,14,20-21,23-24,33H,2-10,12-13,15-19H2,1H3/t21-,23-,24?,33?. The second kappa shape index (κ2) is 13.2. The SMILES string of the molecule is CCCCC[SiH]1CCC([C@H]2CC[C@H](CCCCc3ccc(OC(F)(F)F)c(F)c3)CC2)CC1. The Morgan fingerprint density at radius 3 is 2.24 bits per heavy atom. The minimum absolute atomic E-state index is 0.405. The van der Waals surface area contributed by atoms with E-state index >= 15 is 0 Å². The summed E-state index contributed by atoms with van der Waals surface area (Å²) in [5.41, 5.74) is 0.736. The van der Waals surface area contributed by atoms with E-state index in [1.54, 1.807) is 18.1 Å². The monoisotopic (exact) mass is 486 g/mol. The molecule has 0 bridgehead atoms. The summed E-state index contributed by atoms with van der Waals surface area (Å²) in [6, 6.07) is 8.58. The quantitative estimate of drug-likeness (QED) is 0.172. The first-order valence-electron chi connectivity index (χ1n) is 13.4. The van der Waals surface area contributed by atoms with Crippen molar-refractivity contribution in [2.75, 3.05) is 0 Å². The molecule has 188 valence electrons. The summed E-state index contributed by atoms with van der Waals surface area (Å²) in [7, 11) is -0.405. The highest BCUT2D eigenvalue weighted by atomic mass is 28.3. The fourth-order valence-electron chi connectivity index (χ4n) is 6.25. The predicted octanol–water partition coefficient (Wildman–Crippen LogP) is 9.07. The molecule has 1 aromatic carbocycles. The van der Waals surface area contributed by atoms with Gasteiger partial charge in [-0.1, -0.05) is 88.9 Å². The Morgan fingerprint density at radius 2 is 1.61 bits per heavy atom. The topological polar surface area (TPSA) is 9.23 Å². The van der Waals surface area contributed by atoms with E-state index in [2.05, 4.69) is 11.7 Å². The maximum absolute atomic E-state index is 13.8. The second-order valence-electron chi connectivity index (χ2n) is 10.6. The molecular formula is C27H42F4OSi. The second-order valence-corrected chi connectivity index (χ2v) is 14.1. The van der Waals surface area contributed by atoms with Gasteiger partial charge in [-0.25, -0.2) is 4.39 Å². The highest BCUT2D eigenvalue weighted by Gasteiger charge is 2.32. The first-order valence-corrected chi connectivity index (χ1v) is 15.8. The third kappa shape index (κ3) is 9.26. The molecule has 0 unspecified atom stereocenters. The first kappa shape index (κ1) is 26.6. The minimum Gasteiger partial charge on any atom is -0.403 e. The van der Waals surface area contributed by atoms with Gasteiger partial charge in [-0.2, -0.15) is 0 Å². The summed E-state index contributed by atoms with van der Waals surface area (Å²) < 4.78 is 54.3. The maximum Gasteiger partial charge on any atom is 0.573 e. The van der Waals surface area contributed by atoms with Crippen molar-refractivity contribution < 1.29 is 22.3 Å². The van der Waals surface area contributed by atoms with Crippen LogP contribution in [0.15, 0.2) is 18.2 Å². The van der Waals surface area contributed by atoms with Crippen LogP contribution in [-0.2, 0) is 6.42 Å². The summed E-state index contributed by atoms with van der Waals surface area (Å²) in [5.74, 6) is 1.09. The fourth-order valence-corrected chi connectivity index (χ4v) is 9.78. The van der Waals surface area contributed by atoms with Crippen LogP contribution in [-0.4, -0.2) is 15.2 Å². The molecule has 0 aromatic heterocycles. The molecule has 1 aliphatic heterocycles. The van der Waals surface area contributed by atoms with Gasteiger partial charge in [0.25, 0.3) is 0 Å². The average molecular weight is 487 g/mol. The molecule has 0 amide bonds. The van der Waals surface area contributed by atoms with Crippen molar-refractivity contribution in [3.8, 4) is 5.75 Å². The zero-order valence-corrected chi connectivity index (χ0v) is 21.4. The Bertz CT molecular complexity index is 692. The van der Waals surface area contributed by atoms with E-state index < -0.39 is 26.7 Å². The van der Waals surface area contributed by atoms with Gasteiger partial charge in [0, 0.05) is 8.80 Å². The van der Waals surface area contributed by atoms with Crippen LogP contribution in [0.25, 0.3) is 0 Å². The number of alkyl halides is 3. The molecule has 33 heavy (non-hydrogen) atoms. The van der Waals surface area contributed by atoms with Crippen LogP contribution in [0.2, 0.25) is 18.1 Å². The van der Waals surface area contributed by atoms with Crippen molar-refractivity contribution in [2.45, 2.75) is 115 Å². The summed E-state index contributed by atoms with van der Waals surface area (Å²) in [5, 5.41) is 0. The third-order valence-electron chi connectivity index (χ3n) is 8.22. The van der Waals surface area contributed by atoms with E-state index in [9.17, 15) is 17.6 Å². The zero-order valence-electron chi connectivity index (χ0n) is 20.3. The van der Waals surface area contributed by atoms with Crippen molar-refractivity contribution in [3.05, 3.63) is 29.6 Å².